The topological polar surface area (TPSA) is 46.2 Å². The van der Waals surface area contributed by atoms with E-state index in [0.717, 1.165) is 16.9 Å². The van der Waals surface area contributed by atoms with Crippen LogP contribution in [0.25, 0.3) is 0 Å². The lowest BCUT2D eigenvalue weighted by Gasteiger charge is -2.10. The molecule has 0 heterocycles. The fraction of sp³-hybridized carbons (Fsp3) is 0.400. The highest BCUT2D eigenvalue weighted by Gasteiger charge is 2.05. The first-order valence-electron chi connectivity index (χ1n) is 4.41. The first-order valence-corrected chi connectivity index (χ1v) is 4.86. The fourth-order valence-electron chi connectivity index (χ4n) is 1.21. The largest absolute Gasteiger partial charge is 0.388 e. The van der Waals surface area contributed by atoms with Crippen LogP contribution in [0, 0.1) is 0 Å². The SMILES string of the molecule is NCCCC(O)c1cccc(S)c1. The zero-order valence-electron chi connectivity index (χ0n) is 7.48. The Morgan fingerprint density at radius 2 is 2.23 bits per heavy atom. The lowest BCUT2D eigenvalue weighted by Crippen LogP contribution is -2.03. The average molecular weight is 197 g/mol. The Kier molecular flexibility index (Phi) is 4.28. The molecule has 0 amide bonds. The lowest BCUT2D eigenvalue weighted by molar-refractivity contribution is 0.165. The van der Waals surface area contributed by atoms with E-state index in [1.54, 1.807) is 0 Å². The summed E-state index contributed by atoms with van der Waals surface area (Å²) in [5.74, 6) is 0. The van der Waals surface area contributed by atoms with Gasteiger partial charge in [0, 0.05) is 4.90 Å². The van der Waals surface area contributed by atoms with Gasteiger partial charge in [0.05, 0.1) is 6.10 Å². The van der Waals surface area contributed by atoms with E-state index in [1.807, 2.05) is 24.3 Å². The zero-order chi connectivity index (χ0) is 9.68. The van der Waals surface area contributed by atoms with E-state index in [0.29, 0.717) is 13.0 Å². The molecular formula is C10H15NOS. The third kappa shape index (κ3) is 3.38. The van der Waals surface area contributed by atoms with Gasteiger partial charge in [-0.3, -0.25) is 0 Å². The van der Waals surface area contributed by atoms with Crippen molar-refractivity contribution in [2.75, 3.05) is 6.54 Å². The molecular weight excluding hydrogens is 182 g/mol. The van der Waals surface area contributed by atoms with Crippen molar-refractivity contribution in [3.05, 3.63) is 29.8 Å². The summed E-state index contributed by atoms with van der Waals surface area (Å²) >= 11 is 4.20. The summed E-state index contributed by atoms with van der Waals surface area (Å²) in [7, 11) is 0. The van der Waals surface area contributed by atoms with Gasteiger partial charge in [0.25, 0.3) is 0 Å². The number of thiol groups is 1. The molecule has 72 valence electrons. The van der Waals surface area contributed by atoms with E-state index < -0.39 is 6.10 Å². The molecule has 1 aromatic rings. The quantitative estimate of drug-likeness (QED) is 0.644. The van der Waals surface area contributed by atoms with Crippen molar-refractivity contribution in [2.45, 2.75) is 23.8 Å². The molecule has 0 aromatic heterocycles. The standard InChI is InChI=1S/C10H15NOS/c11-6-2-5-10(12)8-3-1-4-9(13)7-8/h1,3-4,7,10,12-13H,2,5-6,11H2. The summed E-state index contributed by atoms with van der Waals surface area (Å²) in [6, 6.07) is 7.57. The van der Waals surface area contributed by atoms with E-state index in [9.17, 15) is 5.11 Å². The van der Waals surface area contributed by atoms with Crippen molar-refractivity contribution >= 4 is 12.6 Å². The van der Waals surface area contributed by atoms with E-state index in [-0.39, 0.29) is 0 Å². The Bertz CT molecular complexity index is 265. The molecule has 0 aliphatic heterocycles. The third-order valence-electron chi connectivity index (χ3n) is 1.94. The number of nitrogens with two attached hydrogens (primary N) is 1. The summed E-state index contributed by atoms with van der Waals surface area (Å²) < 4.78 is 0. The van der Waals surface area contributed by atoms with Gasteiger partial charge in [-0.25, -0.2) is 0 Å². The number of benzene rings is 1. The lowest BCUT2D eigenvalue weighted by atomic mass is 10.1. The van der Waals surface area contributed by atoms with Gasteiger partial charge in [-0.1, -0.05) is 12.1 Å². The predicted octanol–water partition coefficient (Wildman–Crippen LogP) is 1.75. The maximum Gasteiger partial charge on any atom is 0.0790 e. The highest BCUT2D eigenvalue weighted by Crippen LogP contribution is 2.20. The van der Waals surface area contributed by atoms with Gasteiger partial charge >= 0.3 is 0 Å². The summed E-state index contributed by atoms with van der Waals surface area (Å²) in [5, 5.41) is 9.69. The van der Waals surface area contributed by atoms with Gasteiger partial charge in [0.2, 0.25) is 0 Å². The van der Waals surface area contributed by atoms with Gasteiger partial charge in [-0.2, -0.15) is 0 Å². The van der Waals surface area contributed by atoms with Gasteiger partial charge in [-0.15, -0.1) is 12.6 Å². The molecule has 0 fully saturated rings. The maximum absolute atomic E-state index is 9.69. The van der Waals surface area contributed by atoms with Crippen molar-refractivity contribution in [2.24, 2.45) is 5.73 Å². The van der Waals surface area contributed by atoms with Gasteiger partial charge < -0.3 is 10.8 Å². The Balaban J connectivity index is 2.60. The second-order valence-electron chi connectivity index (χ2n) is 3.04. The maximum atomic E-state index is 9.69. The summed E-state index contributed by atoms with van der Waals surface area (Å²) in [6.45, 7) is 0.623. The molecule has 1 aromatic carbocycles. The van der Waals surface area contributed by atoms with E-state index in [2.05, 4.69) is 12.6 Å². The number of aliphatic hydroxyl groups excluding tert-OH is 1. The van der Waals surface area contributed by atoms with Crippen molar-refractivity contribution in [1.82, 2.24) is 0 Å². The molecule has 0 spiro atoms. The third-order valence-corrected chi connectivity index (χ3v) is 2.21. The molecule has 13 heavy (non-hydrogen) atoms. The number of aliphatic hydroxyl groups is 1. The number of hydrogen-bond acceptors (Lipinski definition) is 3. The van der Waals surface area contributed by atoms with Gasteiger partial charge in [0.1, 0.15) is 0 Å². The van der Waals surface area contributed by atoms with Crippen LogP contribution < -0.4 is 5.73 Å². The fourth-order valence-corrected chi connectivity index (χ4v) is 1.45. The van der Waals surface area contributed by atoms with Crippen molar-refractivity contribution < 1.29 is 5.11 Å². The van der Waals surface area contributed by atoms with Gasteiger partial charge in [0.15, 0.2) is 0 Å². The molecule has 0 aliphatic carbocycles. The minimum absolute atomic E-state index is 0.407. The predicted molar refractivity (Wildman–Crippen MR) is 56.9 cm³/mol. The second-order valence-corrected chi connectivity index (χ2v) is 3.56. The van der Waals surface area contributed by atoms with Crippen LogP contribution in [-0.4, -0.2) is 11.7 Å². The summed E-state index contributed by atoms with van der Waals surface area (Å²) in [5.41, 5.74) is 6.28. The normalized spacial score (nSPS) is 12.8. The van der Waals surface area contributed by atoms with Crippen LogP contribution in [0.2, 0.25) is 0 Å². The molecule has 0 saturated heterocycles. The number of hydrogen-bond donors (Lipinski definition) is 3. The van der Waals surface area contributed by atoms with Crippen LogP contribution in [0.5, 0.6) is 0 Å². The van der Waals surface area contributed by atoms with Crippen LogP contribution in [0.15, 0.2) is 29.2 Å². The van der Waals surface area contributed by atoms with Crippen LogP contribution >= 0.6 is 12.6 Å². The van der Waals surface area contributed by atoms with Crippen LogP contribution in [-0.2, 0) is 0 Å². The van der Waals surface area contributed by atoms with E-state index in [4.69, 9.17) is 5.73 Å². The van der Waals surface area contributed by atoms with Crippen LogP contribution in [0.4, 0.5) is 0 Å². The smallest absolute Gasteiger partial charge is 0.0790 e. The Hall–Kier alpha value is -0.510. The molecule has 0 aliphatic rings. The monoisotopic (exact) mass is 197 g/mol. The first kappa shape index (κ1) is 10.6. The molecule has 0 bridgehead atoms. The average Bonchev–Trinajstić information content (AvgIpc) is 2.14. The van der Waals surface area contributed by atoms with Crippen molar-refractivity contribution in [1.29, 1.82) is 0 Å². The Labute approximate surface area is 84.2 Å². The van der Waals surface area contributed by atoms with Crippen molar-refractivity contribution in [3.8, 4) is 0 Å². The molecule has 0 saturated carbocycles. The molecule has 0 radical (unpaired) electrons. The van der Waals surface area contributed by atoms with Crippen molar-refractivity contribution in [3.63, 3.8) is 0 Å². The Morgan fingerprint density at radius 3 is 2.85 bits per heavy atom. The highest BCUT2D eigenvalue weighted by molar-refractivity contribution is 7.80. The molecule has 3 N–H and O–H groups in total. The number of rotatable bonds is 4. The molecule has 1 rings (SSSR count). The van der Waals surface area contributed by atoms with E-state index in [1.165, 1.54) is 0 Å². The van der Waals surface area contributed by atoms with Crippen LogP contribution in [0.3, 0.4) is 0 Å². The second kappa shape index (κ2) is 5.27. The molecule has 1 unspecified atom stereocenters. The minimum Gasteiger partial charge on any atom is -0.388 e. The highest BCUT2D eigenvalue weighted by atomic mass is 32.1. The van der Waals surface area contributed by atoms with E-state index >= 15 is 0 Å². The summed E-state index contributed by atoms with van der Waals surface area (Å²) in [6.07, 6.45) is 1.15. The summed E-state index contributed by atoms with van der Waals surface area (Å²) in [4.78, 5) is 0.879. The molecule has 3 heteroatoms. The van der Waals surface area contributed by atoms with Crippen LogP contribution in [0.1, 0.15) is 24.5 Å². The van der Waals surface area contributed by atoms with Gasteiger partial charge in [-0.05, 0) is 37.1 Å². The molecule has 2 nitrogen and oxygen atoms in total. The first-order chi connectivity index (χ1) is 6.24. The Morgan fingerprint density at radius 1 is 1.46 bits per heavy atom. The zero-order valence-corrected chi connectivity index (χ0v) is 8.37. The minimum atomic E-state index is -0.407. The molecule has 1 atom stereocenters.